The minimum Gasteiger partial charge on any atom is -0.481 e. The summed E-state index contributed by atoms with van der Waals surface area (Å²) in [5, 5.41) is 24.3. The highest BCUT2D eigenvalue weighted by Gasteiger charge is 2.07. The third-order valence-electron chi connectivity index (χ3n) is 3.01. The zero-order chi connectivity index (χ0) is 16.5. The summed E-state index contributed by atoms with van der Waals surface area (Å²) in [7, 11) is 0. The third-order valence-corrected chi connectivity index (χ3v) is 3.01. The number of carboxylic acids is 2. The van der Waals surface area contributed by atoms with Gasteiger partial charge in [0.05, 0.1) is 6.61 Å². The third kappa shape index (κ3) is 21.3. The van der Waals surface area contributed by atoms with Gasteiger partial charge in [0.1, 0.15) is 6.04 Å². The second kappa shape index (κ2) is 16.9. The molecule has 0 aromatic carbocycles. The average Bonchev–Trinajstić information content (AvgIpc) is 2.45. The molecule has 0 saturated carbocycles. The Morgan fingerprint density at radius 1 is 0.905 bits per heavy atom. The van der Waals surface area contributed by atoms with E-state index in [1.165, 1.54) is 44.9 Å². The minimum atomic E-state index is -1.18. The zero-order valence-electron chi connectivity index (χ0n) is 13.1. The Morgan fingerprint density at radius 2 is 1.33 bits per heavy atom. The van der Waals surface area contributed by atoms with Crippen LogP contribution in [0.15, 0.2) is 0 Å². The van der Waals surface area contributed by atoms with Crippen molar-refractivity contribution in [2.24, 2.45) is 5.73 Å². The van der Waals surface area contributed by atoms with Crippen LogP contribution < -0.4 is 5.73 Å². The van der Waals surface area contributed by atoms with E-state index in [2.05, 4.69) is 6.92 Å². The van der Waals surface area contributed by atoms with Gasteiger partial charge in [0, 0.05) is 6.42 Å². The second-order valence-electron chi connectivity index (χ2n) is 5.10. The first-order valence-corrected chi connectivity index (χ1v) is 7.76. The Bertz CT molecular complexity index is 258. The molecule has 0 aliphatic heterocycles. The van der Waals surface area contributed by atoms with Crippen LogP contribution in [-0.2, 0) is 9.59 Å². The molecule has 0 aromatic heterocycles. The van der Waals surface area contributed by atoms with Gasteiger partial charge in [-0.1, -0.05) is 58.3 Å². The number of rotatable bonds is 12. The molecule has 6 nitrogen and oxygen atoms in total. The van der Waals surface area contributed by atoms with Crippen LogP contribution in [0.1, 0.15) is 71.1 Å². The van der Waals surface area contributed by atoms with Crippen LogP contribution in [-0.4, -0.2) is 39.9 Å². The van der Waals surface area contributed by atoms with Crippen LogP contribution in [0.5, 0.6) is 0 Å². The Balaban J connectivity index is 0. The highest BCUT2D eigenvalue weighted by atomic mass is 16.4. The van der Waals surface area contributed by atoms with Crippen molar-refractivity contribution < 1.29 is 24.9 Å². The molecule has 0 radical (unpaired) electrons. The average molecular weight is 305 g/mol. The Kier molecular flexibility index (Phi) is 17.8. The molecule has 0 rings (SSSR count). The first-order valence-electron chi connectivity index (χ1n) is 7.76. The van der Waals surface area contributed by atoms with E-state index in [4.69, 9.17) is 21.1 Å². The number of carboxylic acid groups (broad SMARTS) is 2. The van der Waals surface area contributed by atoms with Crippen LogP contribution in [0.2, 0.25) is 0 Å². The van der Waals surface area contributed by atoms with E-state index in [1.54, 1.807) is 0 Å². The summed E-state index contributed by atoms with van der Waals surface area (Å²) in [5.74, 6) is -1.84. The number of aliphatic hydroxyl groups excluding tert-OH is 1. The SMILES string of the molecule is CCCCCCCCCCCC(=O)O.N[C@@H](CO)C(=O)O. The molecule has 0 heterocycles. The molecule has 6 heteroatoms. The van der Waals surface area contributed by atoms with Gasteiger partial charge < -0.3 is 21.1 Å². The molecule has 0 spiro atoms. The lowest BCUT2D eigenvalue weighted by atomic mass is 10.1. The maximum atomic E-state index is 10.2. The Labute approximate surface area is 127 Å². The van der Waals surface area contributed by atoms with E-state index >= 15 is 0 Å². The van der Waals surface area contributed by atoms with Crippen LogP contribution in [0, 0.1) is 0 Å². The van der Waals surface area contributed by atoms with Crippen LogP contribution in [0.4, 0.5) is 0 Å². The first-order chi connectivity index (χ1) is 9.95. The van der Waals surface area contributed by atoms with Crippen LogP contribution in [0.3, 0.4) is 0 Å². The molecule has 5 N–H and O–H groups in total. The summed E-state index contributed by atoms with van der Waals surface area (Å²) < 4.78 is 0. The van der Waals surface area contributed by atoms with Crippen molar-refractivity contribution in [3.05, 3.63) is 0 Å². The molecule has 0 aliphatic rings. The van der Waals surface area contributed by atoms with E-state index in [1.807, 2.05) is 0 Å². The van der Waals surface area contributed by atoms with E-state index in [0.29, 0.717) is 6.42 Å². The van der Waals surface area contributed by atoms with Gasteiger partial charge in [-0.15, -0.1) is 0 Å². The van der Waals surface area contributed by atoms with Gasteiger partial charge in [-0.2, -0.15) is 0 Å². The van der Waals surface area contributed by atoms with E-state index in [0.717, 1.165) is 12.8 Å². The Hall–Kier alpha value is -1.14. The normalized spacial score (nSPS) is 11.4. The number of aliphatic carboxylic acids is 2. The molecule has 1 atom stereocenters. The van der Waals surface area contributed by atoms with Gasteiger partial charge >= 0.3 is 11.9 Å². The lowest BCUT2D eigenvalue weighted by Crippen LogP contribution is -2.33. The number of hydrogen-bond acceptors (Lipinski definition) is 4. The highest BCUT2D eigenvalue weighted by Crippen LogP contribution is 2.10. The molecule has 0 unspecified atom stereocenters. The van der Waals surface area contributed by atoms with Crippen molar-refractivity contribution in [3.8, 4) is 0 Å². The number of unbranched alkanes of at least 4 members (excludes halogenated alkanes) is 8. The van der Waals surface area contributed by atoms with Crippen molar-refractivity contribution in [2.45, 2.75) is 77.2 Å². The molecule has 126 valence electrons. The van der Waals surface area contributed by atoms with Crippen molar-refractivity contribution in [3.63, 3.8) is 0 Å². The van der Waals surface area contributed by atoms with Gasteiger partial charge in [-0.25, -0.2) is 0 Å². The summed E-state index contributed by atoms with van der Waals surface area (Å²) in [5.41, 5.74) is 4.77. The number of hydrogen-bond donors (Lipinski definition) is 4. The van der Waals surface area contributed by atoms with E-state index < -0.39 is 24.6 Å². The largest absolute Gasteiger partial charge is 0.481 e. The standard InChI is InChI=1S/C12H24O2.C3H7NO3/c1-2-3-4-5-6-7-8-9-10-11-12(13)14;4-2(1-5)3(6)7/h2-11H2,1H3,(H,13,14);2,5H,1,4H2,(H,6,7)/t;2-/m.0/s1. The molecule has 0 aromatic rings. The molecule has 0 bridgehead atoms. The summed E-state index contributed by atoms with van der Waals surface area (Å²) in [4.78, 5) is 19.9. The van der Waals surface area contributed by atoms with E-state index in [9.17, 15) is 9.59 Å². The molecule has 0 aliphatic carbocycles. The van der Waals surface area contributed by atoms with Crippen LogP contribution >= 0.6 is 0 Å². The molecule has 0 amide bonds. The van der Waals surface area contributed by atoms with Gasteiger partial charge in [-0.05, 0) is 6.42 Å². The minimum absolute atomic E-state index is 0.343. The predicted octanol–water partition coefficient (Wildman–Crippen LogP) is 2.38. The fourth-order valence-electron chi connectivity index (χ4n) is 1.66. The van der Waals surface area contributed by atoms with Crippen molar-refractivity contribution in [2.75, 3.05) is 6.61 Å². The number of nitrogens with two attached hydrogens (primary N) is 1. The molecule has 0 fully saturated rings. The topological polar surface area (TPSA) is 121 Å². The van der Waals surface area contributed by atoms with Gasteiger partial charge in [0.25, 0.3) is 0 Å². The summed E-state index contributed by atoms with van der Waals surface area (Å²) >= 11 is 0. The fourth-order valence-corrected chi connectivity index (χ4v) is 1.66. The Morgan fingerprint density at radius 3 is 1.62 bits per heavy atom. The highest BCUT2D eigenvalue weighted by molar-refractivity contribution is 5.73. The number of aliphatic hydroxyl groups is 1. The quantitative estimate of drug-likeness (QED) is 0.411. The second-order valence-corrected chi connectivity index (χ2v) is 5.10. The summed E-state index contributed by atoms with van der Waals surface area (Å²) in [6, 6.07) is -1.13. The van der Waals surface area contributed by atoms with E-state index in [-0.39, 0.29) is 0 Å². The molecule has 0 saturated heterocycles. The maximum Gasteiger partial charge on any atom is 0.322 e. The lowest BCUT2D eigenvalue weighted by molar-refractivity contribution is -0.139. The zero-order valence-corrected chi connectivity index (χ0v) is 13.1. The maximum absolute atomic E-state index is 10.2. The van der Waals surface area contributed by atoms with Crippen molar-refractivity contribution in [1.82, 2.24) is 0 Å². The monoisotopic (exact) mass is 305 g/mol. The number of carbonyl (C=O) groups is 2. The molecular weight excluding hydrogens is 274 g/mol. The summed E-state index contributed by atoms with van der Waals surface area (Å²) in [6.07, 6.45) is 11.5. The van der Waals surface area contributed by atoms with Crippen molar-refractivity contribution >= 4 is 11.9 Å². The van der Waals surface area contributed by atoms with Gasteiger partial charge in [0.2, 0.25) is 0 Å². The fraction of sp³-hybridized carbons (Fsp3) is 0.867. The first kappa shape index (κ1) is 22.1. The van der Waals surface area contributed by atoms with Crippen molar-refractivity contribution in [1.29, 1.82) is 0 Å². The summed E-state index contributed by atoms with van der Waals surface area (Å²) in [6.45, 7) is 1.72. The molecule has 21 heavy (non-hydrogen) atoms. The molecular formula is C15H31NO5. The lowest BCUT2D eigenvalue weighted by Gasteiger charge is -2.00. The smallest absolute Gasteiger partial charge is 0.322 e. The predicted molar refractivity (Wildman–Crippen MR) is 82.2 cm³/mol. The van der Waals surface area contributed by atoms with Crippen LogP contribution in [0.25, 0.3) is 0 Å². The van der Waals surface area contributed by atoms with Gasteiger partial charge in [-0.3, -0.25) is 9.59 Å². The van der Waals surface area contributed by atoms with Gasteiger partial charge in [0.15, 0.2) is 0 Å².